The summed E-state index contributed by atoms with van der Waals surface area (Å²) in [6, 6.07) is 5.23. The highest BCUT2D eigenvalue weighted by Gasteiger charge is 2.27. The molecule has 0 saturated heterocycles. The Labute approximate surface area is 264 Å². The Morgan fingerprint density at radius 3 is 1.02 bits per heavy atom. The van der Waals surface area contributed by atoms with Crippen molar-refractivity contribution in [3.05, 3.63) is 93.1 Å². The van der Waals surface area contributed by atoms with Crippen molar-refractivity contribution in [2.75, 3.05) is 13.2 Å². The number of unbranched alkanes of at least 4 members (excludes halogenated alkanes) is 8. The molecule has 0 unspecified atom stereocenters. The van der Waals surface area contributed by atoms with Crippen molar-refractivity contribution < 1.29 is 44.6 Å². The van der Waals surface area contributed by atoms with Crippen LogP contribution in [0.2, 0.25) is 0 Å². The highest BCUT2D eigenvalue weighted by atomic mass is 19.2. The van der Waals surface area contributed by atoms with Gasteiger partial charge in [0.2, 0.25) is 23.3 Å². The summed E-state index contributed by atoms with van der Waals surface area (Å²) in [5.41, 5.74) is -1.98. The maximum atomic E-state index is 14.6. The van der Waals surface area contributed by atoms with E-state index >= 15 is 0 Å². The molecule has 0 heterocycles. The van der Waals surface area contributed by atoms with Crippen molar-refractivity contribution in [2.45, 2.75) is 78.1 Å². The molecule has 0 aliphatic heterocycles. The van der Waals surface area contributed by atoms with Crippen LogP contribution in [0.5, 0.6) is 11.5 Å². The Morgan fingerprint density at radius 2 is 0.717 bits per heavy atom. The van der Waals surface area contributed by atoms with Crippen LogP contribution in [0.15, 0.2) is 24.3 Å². The molecule has 46 heavy (non-hydrogen) atoms. The molecule has 0 radical (unpaired) electrons. The molecule has 0 saturated carbocycles. The fraction of sp³-hybridized carbons (Fsp3) is 0.389. The number of hydrogen-bond donors (Lipinski definition) is 0. The van der Waals surface area contributed by atoms with Crippen molar-refractivity contribution >= 4 is 0 Å². The Bertz CT molecular complexity index is 1430. The maximum absolute atomic E-state index is 14.6. The normalized spacial score (nSPS) is 10.7. The van der Waals surface area contributed by atoms with Gasteiger partial charge in [-0.05, 0) is 37.1 Å². The molecular formula is C36H34F8O2. The van der Waals surface area contributed by atoms with E-state index in [1.54, 1.807) is 0 Å². The Kier molecular flexibility index (Phi) is 14.3. The second kappa shape index (κ2) is 18.1. The molecule has 3 rings (SSSR count). The van der Waals surface area contributed by atoms with Crippen LogP contribution in [0, 0.1) is 70.2 Å². The van der Waals surface area contributed by atoms with Crippen molar-refractivity contribution in [3.63, 3.8) is 0 Å². The number of halogens is 8. The van der Waals surface area contributed by atoms with E-state index < -0.39 is 69.2 Å². The molecule has 0 aliphatic rings. The second-order valence-electron chi connectivity index (χ2n) is 10.5. The Morgan fingerprint density at radius 1 is 0.413 bits per heavy atom. The van der Waals surface area contributed by atoms with Gasteiger partial charge in [0.25, 0.3) is 0 Å². The molecule has 0 amide bonds. The maximum Gasteiger partial charge on any atom is 0.205 e. The van der Waals surface area contributed by atoms with Crippen LogP contribution >= 0.6 is 0 Å². The van der Waals surface area contributed by atoms with E-state index in [-0.39, 0.29) is 24.3 Å². The first-order valence-electron chi connectivity index (χ1n) is 15.2. The molecule has 246 valence electrons. The standard InChI is InChI=1S/C36H34F8O2/c1-3-5-7-9-11-21-45-35-31(41)27(37)25(28(38)32(35)42)19-17-23-13-15-24(16-14-23)18-20-26-29(39)33(43)36(34(44)30(26)40)46-22-12-10-8-6-4-2/h13-16H,3-12,21-22H2,1-2H3. The van der Waals surface area contributed by atoms with Crippen LogP contribution in [-0.2, 0) is 0 Å². The van der Waals surface area contributed by atoms with E-state index in [0.29, 0.717) is 12.8 Å². The molecule has 3 aromatic carbocycles. The lowest BCUT2D eigenvalue weighted by Crippen LogP contribution is -2.08. The van der Waals surface area contributed by atoms with Gasteiger partial charge < -0.3 is 9.47 Å². The van der Waals surface area contributed by atoms with E-state index in [2.05, 4.69) is 23.7 Å². The Hall–Kier alpha value is -4.18. The number of rotatable bonds is 14. The molecule has 2 nitrogen and oxygen atoms in total. The van der Waals surface area contributed by atoms with Gasteiger partial charge in [0.1, 0.15) is 11.1 Å². The van der Waals surface area contributed by atoms with Crippen LogP contribution in [0.25, 0.3) is 0 Å². The van der Waals surface area contributed by atoms with Gasteiger partial charge in [0.15, 0.2) is 34.8 Å². The van der Waals surface area contributed by atoms with Crippen molar-refractivity contribution in [1.29, 1.82) is 0 Å². The average molecular weight is 651 g/mol. The first-order valence-corrected chi connectivity index (χ1v) is 15.2. The largest absolute Gasteiger partial charge is 0.487 e. The number of hydrogen-bond acceptors (Lipinski definition) is 2. The minimum atomic E-state index is -1.71. The summed E-state index contributed by atoms with van der Waals surface area (Å²) < 4.78 is 126. The summed E-state index contributed by atoms with van der Waals surface area (Å²) in [6.07, 6.45) is 8.17. The first-order chi connectivity index (χ1) is 22.1. The van der Waals surface area contributed by atoms with E-state index in [1.807, 2.05) is 13.8 Å². The van der Waals surface area contributed by atoms with Crippen LogP contribution in [0.3, 0.4) is 0 Å². The monoisotopic (exact) mass is 650 g/mol. The summed E-state index contributed by atoms with van der Waals surface area (Å²) in [7, 11) is 0. The third kappa shape index (κ3) is 9.42. The fourth-order valence-electron chi connectivity index (χ4n) is 4.36. The summed E-state index contributed by atoms with van der Waals surface area (Å²) in [5.74, 6) is -7.03. The minimum absolute atomic E-state index is 0.112. The molecule has 3 aromatic rings. The van der Waals surface area contributed by atoms with Crippen molar-refractivity contribution in [3.8, 4) is 35.2 Å². The van der Waals surface area contributed by atoms with Crippen LogP contribution in [0.4, 0.5) is 35.1 Å². The zero-order valence-corrected chi connectivity index (χ0v) is 25.6. The van der Waals surface area contributed by atoms with Crippen LogP contribution in [-0.4, -0.2) is 13.2 Å². The molecule has 0 N–H and O–H groups in total. The third-order valence-electron chi connectivity index (χ3n) is 6.98. The predicted molar refractivity (Wildman–Crippen MR) is 159 cm³/mol. The molecule has 0 atom stereocenters. The second-order valence-corrected chi connectivity index (χ2v) is 10.5. The fourth-order valence-corrected chi connectivity index (χ4v) is 4.36. The molecule has 0 aliphatic carbocycles. The third-order valence-corrected chi connectivity index (χ3v) is 6.98. The van der Waals surface area contributed by atoms with Crippen molar-refractivity contribution in [1.82, 2.24) is 0 Å². The minimum Gasteiger partial charge on any atom is -0.487 e. The lowest BCUT2D eigenvalue weighted by Gasteiger charge is -2.11. The Balaban J connectivity index is 1.73. The molecule has 0 spiro atoms. The van der Waals surface area contributed by atoms with Gasteiger partial charge in [-0.2, -0.15) is 17.6 Å². The quantitative estimate of drug-likeness (QED) is 0.0748. The molecular weight excluding hydrogens is 616 g/mol. The zero-order valence-electron chi connectivity index (χ0n) is 25.6. The van der Waals surface area contributed by atoms with Crippen molar-refractivity contribution in [2.24, 2.45) is 0 Å². The lowest BCUT2D eigenvalue weighted by molar-refractivity contribution is 0.263. The van der Waals surface area contributed by atoms with Gasteiger partial charge in [0.05, 0.1) is 13.2 Å². The molecule has 0 aromatic heterocycles. The topological polar surface area (TPSA) is 18.5 Å². The lowest BCUT2D eigenvalue weighted by atomic mass is 10.1. The van der Waals surface area contributed by atoms with E-state index in [1.165, 1.54) is 24.3 Å². The highest BCUT2D eigenvalue weighted by Crippen LogP contribution is 2.31. The van der Waals surface area contributed by atoms with Crippen LogP contribution < -0.4 is 9.47 Å². The molecule has 0 fully saturated rings. The smallest absolute Gasteiger partial charge is 0.205 e. The first kappa shape index (κ1) is 36.3. The average Bonchev–Trinajstić information content (AvgIpc) is 3.05. The molecule has 0 bridgehead atoms. The van der Waals surface area contributed by atoms with E-state index in [4.69, 9.17) is 9.47 Å². The zero-order chi connectivity index (χ0) is 33.6. The summed E-state index contributed by atoms with van der Waals surface area (Å²) in [5, 5.41) is 0. The van der Waals surface area contributed by atoms with Gasteiger partial charge in [-0.25, -0.2) is 17.6 Å². The van der Waals surface area contributed by atoms with E-state index in [0.717, 1.165) is 51.4 Å². The van der Waals surface area contributed by atoms with Gasteiger partial charge >= 0.3 is 0 Å². The molecule has 10 heteroatoms. The van der Waals surface area contributed by atoms with Gasteiger partial charge in [-0.15, -0.1) is 0 Å². The predicted octanol–water partition coefficient (Wildman–Crippen LogP) is 10.3. The number of benzene rings is 3. The number of ether oxygens (including phenoxy) is 2. The van der Waals surface area contributed by atoms with Gasteiger partial charge in [-0.1, -0.05) is 88.9 Å². The summed E-state index contributed by atoms with van der Waals surface area (Å²) >= 11 is 0. The summed E-state index contributed by atoms with van der Waals surface area (Å²) in [6.45, 7) is 3.82. The summed E-state index contributed by atoms with van der Waals surface area (Å²) in [4.78, 5) is 0. The van der Waals surface area contributed by atoms with Gasteiger partial charge in [-0.3, -0.25) is 0 Å². The SMILES string of the molecule is CCCCCCCOc1c(F)c(F)c(C#Cc2ccc(C#Cc3c(F)c(F)c(OCCCCCCC)c(F)c3F)cc2)c(F)c1F. The highest BCUT2D eigenvalue weighted by molar-refractivity contribution is 5.51. The van der Waals surface area contributed by atoms with Crippen LogP contribution in [0.1, 0.15) is 100 Å². The van der Waals surface area contributed by atoms with Gasteiger partial charge in [0, 0.05) is 11.1 Å². The van der Waals surface area contributed by atoms with E-state index in [9.17, 15) is 35.1 Å².